The summed E-state index contributed by atoms with van der Waals surface area (Å²) in [5.41, 5.74) is 0. The number of rotatable bonds is 32. The Hall–Kier alpha value is -3.69. The van der Waals surface area contributed by atoms with Gasteiger partial charge in [0.15, 0.2) is 44.0 Å². The molecule has 26 rings (SSSR count). The zero-order chi connectivity index (χ0) is 95.3. The molecule has 21 heterocycles. The number of halogens is 4. The first kappa shape index (κ1) is 112. The summed E-state index contributed by atoms with van der Waals surface area (Å²) in [6.45, 7) is -0.232. The predicted molar refractivity (Wildman–Crippen MR) is 480 cm³/mol. The van der Waals surface area contributed by atoms with Crippen molar-refractivity contribution in [1.29, 1.82) is 0 Å². The van der Waals surface area contributed by atoms with Crippen molar-refractivity contribution in [3.8, 4) is 0 Å². The second-order valence-corrected chi connectivity index (χ2v) is 37.3. The smallest absolute Gasteiger partial charge is 0.418 e. The van der Waals surface area contributed by atoms with Crippen LogP contribution in [0, 0.1) is 0 Å². The molecule has 41 heteroatoms. The molecular weight excluding hydrogens is 1900 g/mol. The summed E-state index contributed by atoms with van der Waals surface area (Å²) in [6.07, 6.45) is -22.0. The van der Waals surface area contributed by atoms with Gasteiger partial charge in [0.1, 0.15) is 159 Å². The van der Waals surface area contributed by atoms with Gasteiger partial charge >= 0.3 is 7.25 Å². The molecule has 134 heavy (non-hydrogen) atoms. The molecule has 0 saturated carbocycles. The van der Waals surface area contributed by atoms with E-state index >= 15 is 0 Å². The van der Waals surface area contributed by atoms with E-state index in [1.54, 1.807) is 78.2 Å². The van der Waals surface area contributed by atoms with Gasteiger partial charge in [0.2, 0.25) is 0 Å². The van der Waals surface area contributed by atoms with Gasteiger partial charge in [0, 0.05) is 167 Å². The minimum Gasteiger partial charge on any atom is -0.418 e. The van der Waals surface area contributed by atoms with Crippen LogP contribution < -0.4 is 21.2 Å². The second kappa shape index (κ2) is 57.0. The Kier molecular flexibility index (Phi) is 47.7. The summed E-state index contributed by atoms with van der Waals surface area (Å²) in [7, 11) is 20.9. The third-order valence-corrected chi connectivity index (χ3v) is 30.1. The molecule has 759 valence electrons. The Morgan fingerprint density at radius 1 is 0.224 bits per heavy atom. The first-order chi connectivity index (χ1) is 64.7. The van der Waals surface area contributed by atoms with E-state index in [0.717, 1.165) is 21.2 Å². The number of methoxy groups -OCH3 is 19. The predicted octanol–water partition coefficient (Wildman–Crippen LogP) is 7.45. The molecule has 0 aromatic heterocycles. The van der Waals surface area contributed by atoms with Crippen molar-refractivity contribution in [3.05, 3.63) is 146 Å². The van der Waals surface area contributed by atoms with E-state index in [0.29, 0.717) is 12.3 Å². The van der Waals surface area contributed by atoms with Crippen molar-refractivity contribution in [3.63, 3.8) is 0 Å². The van der Waals surface area contributed by atoms with Crippen molar-refractivity contribution in [2.24, 2.45) is 0 Å². The molecule has 1 aliphatic carbocycles. The monoisotopic (exact) mass is 2030 g/mol. The molecular formula is C93H138BF4O33P2Rh-. The molecule has 21 saturated heterocycles. The van der Waals surface area contributed by atoms with Gasteiger partial charge < -0.3 is 174 Å². The maximum Gasteiger partial charge on any atom is 0.673 e. The third-order valence-electron chi connectivity index (χ3n) is 25.0. The van der Waals surface area contributed by atoms with Crippen molar-refractivity contribution in [2.45, 2.75) is 241 Å². The van der Waals surface area contributed by atoms with E-state index in [4.69, 9.17) is 156 Å². The average molecular weight is 2040 g/mol. The molecule has 0 N–H and O–H groups in total. The maximum atomic E-state index is 9.75. The molecule has 0 spiro atoms. The molecule has 4 aromatic rings. The van der Waals surface area contributed by atoms with Crippen molar-refractivity contribution in [1.82, 2.24) is 0 Å². The topological polar surface area (TPSA) is 305 Å². The molecule has 35 atom stereocenters. The van der Waals surface area contributed by atoms with Gasteiger partial charge in [0.05, 0.1) is 45.2 Å². The third kappa shape index (κ3) is 28.3. The normalized spacial score (nSPS) is 37.7. The van der Waals surface area contributed by atoms with E-state index < -0.39 is 238 Å². The van der Waals surface area contributed by atoms with E-state index in [1.165, 1.54) is 82.6 Å². The summed E-state index contributed by atoms with van der Waals surface area (Å²) in [5.74, 6) is 0. The number of ether oxygens (including phenoxy) is 33. The molecule has 0 unspecified atom stereocenters. The van der Waals surface area contributed by atoms with Gasteiger partial charge in [-0.3, -0.25) is 0 Å². The number of allylic oxidation sites excluding steroid dienone is 4. The van der Waals surface area contributed by atoms with E-state index in [9.17, 15) is 17.3 Å². The van der Waals surface area contributed by atoms with Crippen LogP contribution in [-0.4, -0.2) is 403 Å². The van der Waals surface area contributed by atoms with Crippen LogP contribution in [0.1, 0.15) is 25.7 Å². The Morgan fingerprint density at radius 2 is 0.366 bits per heavy atom. The number of hydrogen-bond acceptors (Lipinski definition) is 33. The first-order valence-corrected chi connectivity index (χ1v) is 47.7. The minimum atomic E-state index is -6.00. The standard InChI is InChI=1S/C85H126O33P2.C8H12.BF4.Rh/c1-86-40-51-58-65(91-6)72(98-13)79(105-51)113-59-52(41-87-2)107-81(74(100-15)66(59)92-7)115-61-54(43-89-4)109-83(76(102-17)68(61)94-9)117-63-56(45-119(47-32-24-20-25-33-47)48-34-26-21-27-35-48)111-85(78(104-19)70(63)96-11)118-64-57(46-120(49-36-28-22-29-37-49)50-38-30-23-31-39-50)110-84(77(103-18)71(64)97-12)116-62-55(44-90-5)108-82(75(101-16)69(62)95-10)114-60-53(42-88-3)106-80(112-58)73(99-14)67(60)93-8;1-2-4-6-8-7-5-3-1;2-1(3,4)5;/h20-39,51-85H,40-46H2,1-19H3;1-2,7-8H,3-6H2;;/q;;-1;/b;2-1-,8-7-;;/t51-,52-,53-,54-,55-,56-,57-,58-,59-,60-,61-,62-,63-,64-,65+,66+,67+,68+,69+,70+,71+,72-,73-,74-,75-,76-,77-,78-,79-,80-,81-,82-,83-,84-,85-;;;/m1.../s1. The Morgan fingerprint density at radius 3 is 0.507 bits per heavy atom. The van der Waals surface area contributed by atoms with E-state index in [2.05, 4.69) is 72.8 Å². The first-order valence-electron chi connectivity index (χ1n) is 44.6. The fourth-order valence-electron chi connectivity index (χ4n) is 18.9. The molecule has 0 amide bonds. The fourth-order valence-corrected chi connectivity index (χ4v) is 23.8. The molecule has 21 fully saturated rings. The van der Waals surface area contributed by atoms with Gasteiger partial charge in [-0.1, -0.05) is 146 Å². The molecule has 22 aliphatic rings. The minimum absolute atomic E-state index is 0. The summed E-state index contributed by atoms with van der Waals surface area (Å²) in [6, 6.07) is 41.2. The van der Waals surface area contributed by atoms with Crippen LogP contribution in [0.4, 0.5) is 17.3 Å². The molecule has 21 aliphatic heterocycles. The maximum absolute atomic E-state index is 9.75. The van der Waals surface area contributed by atoms with Gasteiger partial charge in [-0.25, -0.2) is 0 Å². The van der Waals surface area contributed by atoms with Crippen LogP contribution >= 0.6 is 15.8 Å². The fraction of sp³-hybridized carbons (Fsp3) is 0.699. The van der Waals surface area contributed by atoms with Gasteiger partial charge in [-0.05, 0) is 62.7 Å². The number of hydrogen-bond donors (Lipinski definition) is 0. The van der Waals surface area contributed by atoms with E-state index in [-0.39, 0.29) is 52.5 Å². The van der Waals surface area contributed by atoms with Crippen LogP contribution in [0.5, 0.6) is 0 Å². The largest absolute Gasteiger partial charge is 0.673 e. The Bertz CT molecular complexity index is 3730. The second-order valence-electron chi connectivity index (χ2n) is 32.7. The van der Waals surface area contributed by atoms with Crippen LogP contribution in [0.2, 0.25) is 0 Å². The van der Waals surface area contributed by atoms with Crippen molar-refractivity contribution in [2.75, 3.05) is 180 Å². The van der Waals surface area contributed by atoms with Crippen molar-refractivity contribution >= 4 is 44.3 Å². The summed E-state index contributed by atoms with van der Waals surface area (Å²) < 4.78 is 262. The summed E-state index contributed by atoms with van der Waals surface area (Å²) in [5, 5.41) is 4.27. The Balaban J connectivity index is 0.00000123. The SMILES string of the molecule is C1=C\CC/C=C\CC/1.COC[C@H]1O[C@@H]2O[C@H]3[C@H](OC)[C@@H](OC)[C@@H](O[C@H]4[C@H](OC)[C@@H](OC)[C@@H](O[C@H]5[C@H](OC)[C@@H](OC)[C@@H](O[C@H]6[C@H](OC)[C@@H](OC)[C@@H](O[C@H]7[C@H](OC)[C@@H](OC)[C@@H](O[C@H]8[C@H](OC)[C@@H](OC)[C@@H](O[C@H]1[C@H](OC)[C@H]2OC)O[C@@H]8COC)O[C@@H]7COC)O[C@@H]6CP(c1ccccc1)c1ccccc1)O[C@@H]5CP(c1ccccc1)c1ccccc1)O[C@@H]4COC)O[C@@H]3COC.F[B-](F)(F)F.[Rh]. The van der Waals surface area contributed by atoms with Crippen molar-refractivity contribution < 1.29 is 193 Å². The zero-order valence-corrected chi connectivity index (χ0v) is 83.1. The van der Waals surface area contributed by atoms with Gasteiger partial charge in [0.25, 0.3) is 0 Å². The van der Waals surface area contributed by atoms with Gasteiger partial charge in [-0.2, -0.15) is 0 Å². The van der Waals surface area contributed by atoms with Crippen LogP contribution in [0.3, 0.4) is 0 Å². The molecule has 4 aromatic carbocycles. The molecule has 33 nitrogen and oxygen atoms in total. The quantitative estimate of drug-likeness (QED) is 0.0198. The van der Waals surface area contributed by atoms with Crippen LogP contribution in [0.15, 0.2) is 146 Å². The number of benzene rings is 4. The average Bonchev–Trinajstić information content (AvgIpc) is 0.774. The van der Waals surface area contributed by atoms with E-state index in [1.807, 2.05) is 72.8 Å². The summed E-state index contributed by atoms with van der Waals surface area (Å²) in [4.78, 5) is 0. The molecule has 1 radical (unpaired) electrons. The van der Waals surface area contributed by atoms with Gasteiger partial charge in [-0.15, -0.1) is 0 Å². The molecule has 14 bridgehead atoms. The van der Waals surface area contributed by atoms with Crippen LogP contribution in [-0.2, 0) is 176 Å². The zero-order valence-electron chi connectivity index (χ0n) is 79.6. The Labute approximate surface area is 800 Å². The van der Waals surface area contributed by atoms with Crippen LogP contribution in [0.25, 0.3) is 0 Å². The summed E-state index contributed by atoms with van der Waals surface area (Å²) >= 11 is 0.